The summed E-state index contributed by atoms with van der Waals surface area (Å²) < 4.78 is 74.4. The third-order valence-corrected chi connectivity index (χ3v) is 6.35. The molecule has 1 aromatic heterocycles. The number of halogens is 3. The van der Waals surface area contributed by atoms with Crippen LogP contribution in [0.15, 0.2) is 29.3 Å². The van der Waals surface area contributed by atoms with Gasteiger partial charge in [-0.05, 0) is 44.4 Å². The zero-order chi connectivity index (χ0) is 23.0. The minimum absolute atomic E-state index is 0.192. The Morgan fingerprint density at radius 1 is 1.39 bits per heavy atom. The van der Waals surface area contributed by atoms with Crippen molar-refractivity contribution in [2.75, 3.05) is 0 Å². The van der Waals surface area contributed by atoms with Crippen molar-refractivity contribution in [3.05, 3.63) is 46.8 Å². The first kappa shape index (κ1) is 22.8. The number of rotatable bonds is 5. The number of hydrogen-bond acceptors (Lipinski definition) is 5. The van der Waals surface area contributed by atoms with Gasteiger partial charge in [0.1, 0.15) is 0 Å². The van der Waals surface area contributed by atoms with Gasteiger partial charge in [-0.1, -0.05) is 5.92 Å². The van der Waals surface area contributed by atoms with E-state index in [-0.39, 0.29) is 5.56 Å². The van der Waals surface area contributed by atoms with Crippen molar-refractivity contribution >= 4 is 16.0 Å². The molecule has 2 unspecified atom stereocenters. The van der Waals surface area contributed by atoms with Crippen LogP contribution in [0.5, 0.6) is 0 Å². The molecule has 1 aromatic carbocycles. The van der Waals surface area contributed by atoms with Gasteiger partial charge in [0.15, 0.2) is 6.23 Å². The van der Waals surface area contributed by atoms with E-state index in [1.165, 1.54) is 17.8 Å². The molecule has 0 aliphatic heterocycles. The summed E-state index contributed by atoms with van der Waals surface area (Å²) >= 11 is 0. The molecule has 2 aromatic rings. The molecule has 0 saturated heterocycles. The highest BCUT2D eigenvalue weighted by Crippen LogP contribution is 2.34. The highest BCUT2D eigenvalue weighted by Gasteiger charge is 2.34. The number of esters is 1. The SMILES string of the molecule is C#Cc1cc(C(F)(F)F)cc(S(=O)(=O)NC2CCCc3c2cnn3C(C)OC(C)=O)c1. The van der Waals surface area contributed by atoms with E-state index in [1.807, 2.05) is 0 Å². The Hall–Kier alpha value is -2.84. The van der Waals surface area contributed by atoms with Crippen LogP contribution in [0.4, 0.5) is 13.2 Å². The normalized spacial score (nSPS) is 17.5. The van der Waals surface area contributed by atoms with E-state index in [9.17, 15) is 26.4 Å². The zero-order valence-electron chi connectivity index (χ0n) is 16.7. The number of fused-ring (bicyclic) bond motifs is 1. The number of carbonyl (C=O) groups is 1. The number of benzene rings is 1. The molecule has 1 N–H and O–H groups in total. The van der Waals surface area contributed by atoms with Crippen molar-refractivity contribution in [3.63, 3.8) is 0 Å². The molecule has 7 nitrogen and oxygen atoms in total. The molecule has 2 atom stereocenters. The van der Waals surface area contributed by atoms with Crippen LogP contribution in [-0.4, -0.2) is 24.2 Å². The Bertz CT molecular complexity index is 1150. The Labute approximate surface area is 177 Å². The van der Waals surface area contributed by atoms with Gasteiger partial charge in [0.25, 0.3) is 0 Å². The molecule has 0 amide bonds. The maximum Gasteiger partial charge on any atom is 0.416 e. The Morgan fingerprint density at radius 3 is 2.71 bits per heavy atom. The van der Waals surface area contributed by atoms with Crippen molar-refractivity contribution in [3.8, 4) is 12.3 Å². The van der Waals surface area contributed by atoms with E-state index in [4.69, 9.17) is 11.2 Å². The number of alkyl halides is 3. The number of sulfonamides is 1. The van der Waals surface area contributed by atoms with Crippen molar-refractivity contribution in [2.45, 2.75) is 56.5 Å². The number of nitrogens with one attached hydrogen (secondary N) is 1. The maximum atomic E-state index is 13.2. The van der Waals surface area contributed by atoms with Gasteiger partial charge in [-0.2, -0.15) is 18.3 Å². The predicted octanol–water partition coefficient (Wildman–Crippen LogP) is 3.32. The van der Waals surface area contributed by atoms with Gasteiger partial charge in [-0.15, -0.1) is 6.42 Å². The van der Waals surface area contributed by atoms with Crippen molar-refractivity contribution < 1.29 is 31.1 Å². The lowest BCUT2D eigenvalue weighted by atomic mass is 9.94. The maximum absolute atomic E-state index is 13.2. The lowest BCUT2D eigenvalue weighted by molar-refractivity contribution is -0.150. The van der Waals surface area contributed by atoms with Crippen LogP contribution in [0.2, 0.25) is 0 Å². The largest absolute Gasteiger partial charge is 0.440 e. The van der Waals surface area contributed by atoms with Gasteiger partial charge in [-0.3, -0.25) is 4.79 Å². The Kier molecular flexibility index (Phi) is 6.16. The molecule has 166 valence electrons. The summed E-state index contributed by atoms with van der Waals surface area (Å²) in [6, 6.07) is 1.60. The summed E-state index contributed by atoms with van der Waals surface area (Å²) in [6.45, 7) is 2.90. The minimum atomic E-state index is -4.75. The Balaban J connectivity index is 1.93. The van der Waals surface area contributed by atoms with Crippen molar-refractivity contribution in [1.82, 2.24) is 14.5 Å². The topological polar surface area (TPSA) is 90.3 Å². The molecule has 0 fully saturated rings. The van der Waals surface area contributed by atoms with E-state index in [2.05, 4.69) is 15.7 Å². The monoisotopic (exact) mass is 455 g/mol. The third-order valence-electron chi connectivity index (χ3n) is 4.90. The molecule has 11 heteroatoms. The van der Waals surface area contributed by atoms with E-state index in [0.29, 0.717) is 36.6 Å². The standard InChI is InChI=1S/C20H20F3N3O4S/c1-4-14-8-15(20(21,22)23)10-16(9-14)31(28,29)25-18-6-5-7-19-17(18)11-24-26(19)12(2)30-13(3)27/h1,8-12,18,25H,5-7H2,2-3H3. The average Bonchev–Trinajstić information content (AvgIpc) is 3.11. The first-order valence-electron chi connectivity index (χ1n) is 9.37. The molecule has 0 radical (unpaired) electrons. The molecule has 0 saturated carbocycles. The molecular weight excluding hydrogens is 435 g/mol. The second-order valence-electron chi connectivity index (χ2n) is 7.15. The number of ether oxygens (including phenoxy) is 1. The highest BCUT2D eigenvalue weighted by atomic mass is 32.2. The number of hydrogen-bond donors (Lipinski definition) is 1. The number of terminal acetylenes is 1. The number of carbonyl (C=O) groups excluding carboxylic acids is 1. The van der Waals surface area contributed by atoms with Crippen LogP contribution < -0.4 is 4.72 Å². The van der Waals surface area contributed by atoms with Crippen LogP contribution in [0.1, 0.15) is 61.3 Å². The summed E-state index contributed by atoms with van der Waals surface area (Å²) in [5.41, 5.74) is -0.0581. The molecule has 0 spiro atoms. The van der Waals surface area contributed by atoms with E-state index >= 15 is 0 Å². The van der Waals surface area contributed by atoms with Gasteiger partial charge in [0.05, 0.1) is 22.7 Å². The molecule has 3 rings (SSSR count). The summed E-state index contributed by atoms with van der Waals surface area (Å²) in [5.74, 6) is 1.57. The lowest BCUT2D eigenvalue weighted by Gasteiger charge is -2.25. The smallest absolute Gasteiger partial charge is 0.416 e. The van der Waals surface area contributed by atoms with E-state index in [1.54, 1.807) is 6.92 Å². The van der Waals surface area contributed by atoms with Gasteiger partial charge in [0.2, 0.25) is 10.0 Å². The molecule has 1 aliphatic carbocycles. The van der Waals surface area contributed by atoms with Crippen LogP contribution in [-0.2, 0) is 32.2 Å². The van der Waals surface area contributed by atoms with Gasteiger partial charge < -0.3 is 4.74 Å². The zero-order valence-corrected chi connectivity index (χ0v) is 17.5. The summed E-state index contributed by atoms with van der Waals surface area (Å²) in [4.78, 5) is 10.7. The van der Waals surface area contributed by atoms with E-state index in [0.717, 1.165) is 12.1 Å². The van der Waals surface area contributed by atoms with E-state index < -0.39 is 44.9 Å². The molecular formula is C20H20F3N3O4S. The second kappa shape index (κ2) is 8.36. The summed E-state index contributed by atoms with van der Waals surface area (Å²) in [6.07, 6.45) is 2.88. The van der Waals surface area contributed by atoms with Crippen LogP contribution >= 0.6 is 0 Å². The number of aromatic nitrogens is 2. The number of nitrogens with zero attached hydrogens (tertiary/aromatic N) is 2. The first-order valence-corrected chi connectivity index (χ1v) is 10.9. The quantitative estimate of drug-likeness (QED) is 0.552. The van der Waals surface area contributed by atoms with Crippen molar-refractivity contribution in [1.29, 1.82) is 0 Å². The molecule has 1 aliphatic rings. The molecule has 1 heterocycles. The van der Waals surface area contributed by atoms with Crippen LogP contribution in [0.25, 0.3) is 0 Å². The van der Waals surface area contributed by atoms with Crippen molar-refractivity contribution in [2.24, 2.45) is 0 Å². The van der Waals surface area contributed by atoms with Gasteiger partial charge >= 0.3 is 12.1 Å². The highest BCUT2D eigenvalue weighted by molar-refractivity contribution is 7.89. The summed E-state index contributed by atoms with van der Waals surface area (Å²) in [7, 11) is -4.32. The summed E-state index contributed by atoms with van der Waals surface area (Å²) in [5, 5.41) is 4.21. The molecule has 0 bridgehead atoms. The Morgan fingerprint density at radius 2 is 2.10 bits per heavy atom. The molecule has 31 heavy (non-hydrogen) atoms. The van der Waals surface area contributed by atoms with Gasteiger partial charge in [-0.25, -0.2) is 17.8 Å². The lowest BCUT2D eigenvalue weighted by Crippen LogP contribution is -2.31. The van der Waals surface area contributed by atoms with Crippen LogP contribution in [0.3, 0.4) is 0 Å². The third kappa shape index (κ3) is 4.91. The predicted molar refractivity (Wildman–Crippen MR) is 104 cm³/mol. The van der Waals surface area contributed by atoms with Crippen LogP contribution in [0, 0.1) is 12.3 Å². The fourth-order valence-corrected chi connectivity index (χ4v) is 4.88. The first-order chi connectivity index (χ1) is 14.4. The second-order valence-corrected chi connectivity index (χ2v) is 8.87. The van der Waals surface area contributed by atoms with Gasteiger partial charge in [0, 0.05) is 23.7 Å². The fourth-order valence-electron chi connectivity index (χ4n) is 3.56. The minimum Gasteiger partial charge on any atom is -0.440 e. The average molecular weight is 455 g/mol. The fraction of sp³-hybridized carbons (Fsp3) is 0.400.